The van der Waals surface area contributed by atoms with Crippen molar-refractivity contribution in [1.82, 2.24) is 4.90 Å². The van der Waals surface area contributed by atoms with Crippen molar-refractivity contribution in [3.63, 3.8) is 0 Å². The molecule has 1 aliphatic carbocycles. The third-order valence-electron chi connectivity index (χ3n) is 4.86. The predicted octanol–water partition coefficient (Wildman–Crippen LogP) is 3.16. The lowest BCUT2D eigenvalue weighted by Crippen LogP contribution is -2.34. The highest BCUT2D eigenvalue weighted by Gasteiger charge is 2.37. The monoisotopic (exact) mass is 280 g/mol. The highest BCUT2D eigenvalue weighted by Crippen LogP contribution is 2.40. The van der Waals surface area contributed by atoms with Crippen LogP contribution in [-0.2, 0) is 6.42 Å². The standard InChI is InChI=1S/C16H24N2.ClH/c1-16(11-17)9-10-18(12-16)15-8-4-6-13-5-2-3-7-14(13)15;/h2-3,5,7,15H,4,6,8-12,17H2,1H3;1H. The second-order valence-corrected chi connectivity index (χ2v) is 6.34. The average molecular weight is 281 g/mol. The van der Waals surface area contributed by atoms with E-state index in [2.05, 4.69) is 36.1 Å². The first-order chi connectivity index (χ1) is 8.72. The van der Waals surface area contributed by atoms with Crippen LogP contribution in [0.15, 0.2) is 24.3 Å². The smallest absolute Gasteiger partial charge is 0.0351 e. The molecule has 0 amide bonds. The van der Waals surface area contributed by atoms with Crippen LogP contribution in [0.5, 0.6) is 0 Å². The second-order valence-electron chi connectivity index (χ2n) is 6.34. The van der Waals surface area contributed by atoms with Gasteiger partial charge in [0.15, 0.2) is 0 Å². The van der Waals surface area contributed by atoms with E-state index in [9.17, 15) is 0 Å². The van der Waals surface area contributed by atoms with E-state index in [4.69, 9.17) is 5.73 Å². The fraction of sp³-hybridized carbons (Fsp3) is 0.625. The maximum absolute atomic E-state index is 5.93. The summed E-state index contributed by atoms with van der Waals surface area (Å²) in [6.07, 6.45) is 5.16. The number of rotatable bonds is 2. The largest absolute Gasteiger partial charge is 0.330 e. The molecule has 1 saturated heterocycles. The summed E-state index contributed by atoms with van der Waals surface area (Å²) in [5, 5.41) is 0. The van der Waals surface area contributed by atoms with Crippen LogP contribution in [0.1, 0.15) is 43.4 Å². The number of hydrogen-bond donors (Lipinski definition) is 1. The van der Waals surface area contributed by atoms with Crippen LogP contribution < -0.4 is 5.73 Å². The van der Waals surface area contributed by atoms with Gasteiger partial charge in [-0.05, 0) is 55.3 Å². The van der Waals surface area contributed by atoms with E-state index >= 15 is 0 Å². The Balaban J connectivity index is 0.00000133. The minimum atomic E-state index is 0. The number of benzene rings is 1. The Hall–Kier alpha value is -0.570. The number of aryl methyl sites for hydroxylation is 1. The molecule has 2 unspecified atom stereocenters. The van der Waals surface area contributed by atoms with Gasteiger partial charge in [-0.1, -0.05) is 31.2 Å². The van der Waals surface area contributed by atoms with E-state index in [1.807, 2.05) is 0 Å². The normalized spacial score (nSPS) is 30.7. The lowest BCUT2D eigenvalue weighted by atomic mass is 9.86. The van der Waals surface area contributed by atoms with Crippen molar-refractivity contribution < 1.29 is 0 Å². The molecular weight excluding hydrogens is 256 g/mol. The van der Waals surface area contributed by atoms with Crippen LogP contribution in [0.4, 0.5) is 0 Å². The van der Waals surface area contributed by atoms with Gasteiger partial charge in [-0.2, -0.15) is 0 Å². The molecule has 3 rings (SSSR count). The topological polar surface area (TPSA) is 29.3 Å². The summed E-state index contributed by atoms with van der Waals surface area (Å²) < 4.78 is 0. The quantitative estimate of drug-likeness (QED) is 0.902. The van der Waals surface area contributed by atoms with Crippen LogP contribution in [0, 0.1) is 5.41 Å². The highest BCUT2D eigenvalue weighted by atomic mass is 35.5. The molecule has 19 heavy (non-hydrogen) atoms. The van der Waals surface area contributed by atoms with Crippen molar-refractivity contribution in [2.24, 2.45) is 11.1 Å². The van der Waals surface area contributed by atoms with Gasteiger partial charge in [0.2, 0.25) is 0 Å². The Bertz CT molecular complexity index is 435. The zero-order chi connectivity index (χ0) is 12.6. The van der Waals surface area contributed by atoms with Crippen LogP contribution in [0.2, 0.25) is 0 Å². The van der Waals surface area contributed by atoms with Gasteiger partial charge in [0.1, 0.15) is 0 Å². The minimum Gasteiger partial charge on any atom is -0.330 e. The Morgan fingerprint density at radius 3 is 2.89 bits per heavy atom. The van der Waals surface area contributed by atoms with Crippen LogP contribution in [-0.4, -0.2) is 24.5 Å². The molecule has 0 aromatic heterocycles. The molecule has 1 aromatic carbocycles. The Morgan fingerprint density at radius 1 is 1.37 bits per heavy atom. The van der Waals surface area contributed by atoms with Crippen LogP contribution >= 0.6 is 12.4 Å². The zero-order valence-electron chi connectivity index (χ0n) is 11.8. The molecule has 1 aliphatic heterocycles. The molecule has 2 N–H and O–H groups in total. The van der Waals surface area contributed by atoms with Crippen molar-refractivity contribution in [1.29, 1.82) is 0 Å². The average Bonchev–Trinajstić information content (AvgIpc) is 2.81. The van der Waals surface area contributed by atoms with Crippen molar-refractivity contribution in [3.05, 3.63) is 35.4 Å². The molecule has 0 bridgehead atoms. The molecule has 1 fully saturated rings. The molecule has 0 spiro atoms. The lowest BCUT2D eigenvalue weighted by molar-refractivity contribution is 0.195. The summed E-state index contributed by atoms with van der Waals surface area (Å²) in [6, 6.07) is 9.64. The molecule has 1 heterocycles. The van der Waals surface area contributed by atoms with Crippen LogP contribution in [0.25, 0.3) is 0 Å². The van der Waals surface area contributed by atoms with E-state index in [0.29, 0.717) is 11.5 Å². The molecule has 106 valence electrons. The van der Waals surface area contributed by atoms with E-state index < -0.39 is 0 Å². The molecule has 1 aromatic rings. The summed E-state index contributed by atoms with van der Waals surface area (Å²) in [7, 11) is 0. The van der Waals surface area contributed by atoms with Gasteiger partial charge in [-0.15, -0.1) is 12.4 Å². The van der Waals surface area contributed by atoms with Crippen molar-refractivity contribution in [2.75, 3.05) is 19.6 Å². The number of nitrogens with two attached hydrogens (primary N) is 1. The van der Waals surface area contributed by atoms with Gasteiger partial charge in [0.05, 0.1) is 0 Å². The minimum absolute atomic E-state index is 0. The van der Waals surface area contributed by atoms with Gasteiger partial charge < -0.3 is 5.73 Å². The molecule has 2 nitrogen and oxygen atoms in total. The maximum atomic E-state index is 5.93. The first kappa shape index (κ1) is 14.8. The van der Waals surface area contributed by atoms with E-state index in [1.165, 1.54) is 38.8 Å². The SMILES string of the molecule is CC1(CN)CCN(C2CCCc3ccccc32)C1.Cl. The highest BCUT2D eigenvalue weighted by molar-refractivity contribution is 5.85. The third kappa shape index (κ3) is 2.81. The van der Waals surface area contributed by atoms with Gasteiger partial charge in [-0.25, -0.2) is 0 Å². The third-order valence-corrected chi connectivity index (χ3v) is 4.86. The van der Waals surface area contributed by atoms with Crippen molar-refractivity contribution in [2.45, 2.75) is 38.6 Å². The zero-order valence-corrected chi connectivity index (χ0v) is 12.6. The first-order valence-electron chi connectivity index (χ1n) is 7.24. The fourth-order valence-corrected chi connectivity index (χ4v) is 3.60. The number of likely N-dealkylation sites (tertiary alicyclic amines) is 1. The molecule has 0 saturated carbocycles. The van der Waals surface area contributed by atoms with Gasteiger partial charge in [0.25, 0.3) is 0 Å². The number of nitrogens with zero attached hydrogens (tertiary/aromatic N) is 1. The van der Waals surface area contributed by atoms with E-state index in [0.717, 1.165) is 6.54 Å². The van der Waals surface area contributed by atoms with Gasteiger partial charge >= 0.3 is 0 Å². The number of hydrogen-bond acceptors (Lipinski definition) is 2. The van der Waals surface area contributed by atoms with Gasteiger partial charge in [-0.3, -0.25) is 4.90 Å². The summed E-state index contributed by atoms with van der Waals surface area (Å²) in [4.78, 5) is 2.67. The Morgan fingerprint density at radius 2 is 2.16 bits per heavy atom. The summed E-state index contributed by atoms with van der Waals surface area (Å²) >= 11 is 0. The Labute approximate surface area is 122 Å². The molecule has 3 heteroatoms. The van der Waals surface area contributed by atoms with Crippen molar-refractivity contribution >= 4 is 12.4 Å². The van der Waals surface area contributed by atoms with Crippen LogP contribution in [0.3, 0.4) is 0 Å². The fourth-order valence-electron chi connectivity index (χ4n) is 3.60. The lowest BCUT2D eigenvalue weighted by Gasteiger charge is -2.34. The summed E-state index contributed by atoms with van der Waals surface area (Å²) in [6.45, 7) is 5.54. The Kier molecular flexibility index (Phi) is 4.54. The molecular formula is C16H25ClN2. The molecule has 0 radical (unpaired) electrons. The first-order valence-corrected chi connectivity index (χ1v) is 7.24. The van der Waals surface area contributed by atoms with Crippen molar-refractivity contribution in [3.8, 4) is 0 Å². The second kappa shape index (κ2) is 5.82. The number of fused-ring (bicyclic) bond motifs is 1. The summed E-state index contributed by atoms with van der Waals surface area (Å²) in [5.41, 5.74) is 9.41. The molecule has 2 atom stereocenters. The summed E-state index contributed by atoms with van der Waals surface area (Å²) in [5.74, 6) is 0. The van der Waals surface area contributed by atoms with E-state index in [1.54, 1.807) is 11.1 Å². The van der Waals surface area contributed by atoms with Gasteiger partial charge in [0, 0.05) is 12.6 Å². The molecule has 2 aliphatic rings. The number of halogens is 1. The van der Waals surface area contributed by atoms with E-state index in [-0.39, 0.29) is 12.4 Å². The predicted molar refractivity (Wildman–Crippen MR) is 82.7 cm³/mol. The maximum Gasteiger partial charge on any atom is 0.0351 e.